The van der Waals surface area contributed by atoms with Gasteiger partial charge in [-0.15, -0.1) is 0 Å². The monoisotopic (exact) mass is 304 g/mol. The lowest BCUT2D eigenvalue weighted by atomic mass is 10.1. The molecule has 0 saturated carbocycles. The number of phenols is 2. The van der Waals surface area contributed by atoms with Crippen molar-refractivity contribution in [3.05, 3.63) is 58.6 Å². The molecule has 0 heterocycles. The Morgan fingerprint density at radius 3 is 2.57 bits per heavy atom. The first-order valence-electron chi connectivity index (χ1n) is 6.13. The highest BCUT2D eigenvalue weighted by Crippen LogP contribution is 2.20. The predicted octanol–water partition coefficient (Wildman–Crippen LogP) is 2.44. The van der Waals surface area contributed by atoms with Gasteiger partial charge in [-0.2, -0.15) is 5.10 Å². The number of hydrogen-bond donors (Lipinski definition) is 3. The van der Waals surface area contributed by atoms with Crippen LogP contribution in [0.15, 0.2) is 47.6 Å². The Hall–Kier alpha value is -2.53. The van der Waals surface area contributed by atoms with Crippen molar-refractivity contribution in [3.63, 3.8) is 0 Å². The number of nitrogens with one attached hydrogen (secondary N) is 1. The number of hydrogen-bond acceptors (Lipinski definition) is 4. The van der Waals surface area contributed by atoms with Gasteiger partial charge in [0.25, 0.3) is 0 Å². The molecule has 0 aliphatic carbocycles. The molecule has 5 nitrogen and oxygen atoms in total. The number of benzene rings is 2. The molecule has 0 atom stereocenters. The average Bonchev–Trinajstić information content (AvgIpc) is 2.44. The number of phenolic OH excluding ortho intramolecular Hbond substituents is 2. The van der Waals surface area contributed by atoms with Crippen molar-refractivity contribution < 1.29 is 15.0 Å². The molecule has 0 unspecified atom stereocenters. The highest BCUT2D eigenvalue weighted by Gasteiger charge is 2.03. The van der Waals surface area contributed by atoms with Gasteiger partial charge in [0.1, 0.15) is 11.5 Å². The van der Waals surface area contributed by atoms with Crippen molar-refractivity contribution in [2.45, 2.75) is 6.42 Å². The van der Waals surface area contributed by atoms with Crippen LogP contribution < -0.4 is 5.43 Å². The number of carbonyl (C=O) groups is 1. The second-order valence-corrected chi connectivity index (χ2v) is 4.78. The Morgan fingerprint density at radius 1 is 1.19 bits per heavy atom. The minimum Gasteiger partial charge on any atom is -0.508 e. The average molecular weight is 305 g/mol. The van der Waals surface area contributed by atoms with Gasteiger partial charge in [0.15, 0.2) is 0 Å². The molecule has 0 bridgehead atoms. The van der Waals surface area contributed by atoms with Crippen LogP contribution in [0.1, 0.15) is 11.1 Å². The first-order valence-corrected chi connectivity index (χ1v) is 6.51. The zero-order valence-electron chi connectivity index (χ0n) is 11.0. The number of aromatic hydroxyl groups is 2. The summed E-state index contributed by atoms with van der Waals surface area (Å²) >= 11 is 5.76. The van der Waals surface area contributed by atoms with Gasteiger partial charge in [0.2, 0.25) is 5.91 Å². The molecule has 0 saturated heterocycles. The molecule has 0 radical (unpaired) electrons. The van der Waals surface area contributed by atoms with Crippen LogP contribution in [-0.2, 0) is 11.2 Å². The van der Waals surface area contributed by atoms with Crippen LogP contribution in [0.2, 0.25) is 5.02 Å². The smallest absolute Gasteiger partial charge is 0.244 e. The molecule has 6 heteroatoms. The molecule has 0 fully saturated rings. The van der Waals surface area contributed by atoms with E-state index in [9.17, 15) is 9.90 Å². The van der Waals surface area contributed by atoms with Crippen molar-refractivity contribution in [1.82, 2.24) is 5.43 Å². The first kappa shape index (κ1) is 14.9. The molecule has 3 N–H and O–H groups in total. The molecule has 21 heavy (non-hydrogen) atoms. The summed E-state index contributed by atoms with van der Waals surface area (Å²) in [6.07, 6.45) is 1.48. The van der Waals surface area contributed by atoms with Gasteiger partial charge in [-0.05, 0) is 29.8 Å². The second kappa shape index (κ2) is 6.76. The molecule has 0 aliphatic heterocycles. The maximum Gasteiger partial charge on any atom is 0.244 e. The Kier molecular flexibility index (Phi) is 4.79. The van der Waals surface area contributed by atoms with E-state index in [1.165, 1.54) is 24.4 Å². The Bertz CT molecular complexity index is 669. The number of rotatable bonds is 4. The van der Waals surface area contributed by atoms with E-state index in [2.05, 4.69) is 10.5 Å². The number of amides is 1. The Balaban J connectivity index is 1.91. The van der Waals surface area contributed by atoms with Gasteiger partial charge < -0.3 is 10.2 Å². The van der Waals surface area contributed by atoms with Crippen LogP contribution in [-0.4, -0.2) is 22.3 Å². The maximum absolute atomic E-state index is 11.7. The third-order valence-electron chi connectivity index (χ3n) is 2.68. The maximum atomic E-state index is 11.7. The standard InChI is InChI=1S/C15H13ClN2O3/c16-12-4-1-10(2-5-12)7-15(21)18-17-9-11-3-6-13(19)8-14(11)20/h1-6,8-9,19-20H,7H2,(H,18,21)/b17-9+. The van der Waals surface area contributed by atoms with Gasteiger partial charge in [-0.3, -0.25) is 4.79 Å². The second-order valence-electron chi connectivity index (χ2n) is 4.34. The van der Waals surface area contributed by atoms with E-state index < -0.39 is 0 Å². The summed E-state index contributed by atoms with van der Waals surface area (Å²) in [5, 5.41) is 23.1. The Labute approximate surface area is 126 Å². The largest absolute Gasteiger partial charge is 0.508 e. The lowest BCUT2D eigenvalue weighted by Gasteiger charge is -2.01. The van der Waals surface area contributed by atoms with E-state index in [1.54, 1.807) is 24.3 Å². The number of nitrogens with zero attached hydrogens (tertiary/aromatic N) is 1. The van der Waals surface area contributed by atoms with E-state index in [0.717, 1.165) is 5.56 Å². The van der Waals surface area contributed by atoms with Crippen molar-refractivity contribution in [2.75, 3.05) is 0 Å². The van der Waals surface area contributed by atoms with E-state index in [1.807, 2.05) is 0 Å². The normalized spacial score (nSPS) is 10.7. The topological polar surface area (TPSA) is 81.9 Å². The lowest BCUT2D eigenvalue weighted by Crippen LogP contribution is -2.19. The number of hydrazone groups is 1. The van der Waals surface area contributed by atoms with E-state index in [0.29, 0.717) is 10.6 Å². The lowest BCUT2D eigenvalue weighted by molar-refractivity contribution is -0.120. The van der Waals surface area contributed by atoms with Gasteiger partial charge >= 0.3 is 0 Å². The third kappa shape index (κ3) is 4.50. The van der Waals surface area contributed by atoms with E-state index in [-0.39, 0.29) is 23.8 Å². The molecule has 2 rings (SSSR count). The summed E-state index contributed by atoms with van der Waals surface area (Å²) < 4.78 is 0. The fraction of sp³-hybridized carbons (Fsp3) is 0.0667. The van der Waals surface area contributed by atoms with Crippen molar-refractivity contribution in [2.24, 2.45) is 5.10 Å². The van der Waals surface area contributed by atoms with Crippen LogP contribution in [0.25, 0.3) is 0 Å². The van der Waals surface area contributed by atoms with Crippen LogP contribution >= 0.6 is 11.6 Å². The third-order valence-corrected chi connectivity index (χ3v) is 2.94. The number of carbonyl (C=O) groups excluding carboxylic acids is 1. The summed E-state index contributed by atoms with van der Waals surface area (Å²) in [6, 6.07) is 11.0. The molecular formula is C15H13ClN2O3. The highest BCUT2D eigenvalue weighted by atomic mass is 35.5. The molecular weight excluding hydrogens is 292 g/mol. The van der Waals surface area contributed by atoms with E-state index >= 15 is 0 Å². The summed E-state index contributed by atoms with van der Waals surface area (Å²) in [6.45, 7) is 0. The zero-order valence-corrected chi connectivity index (χ0v) is 11.7. The van der Waals surface area contributed by atoms with Gasteiger partial charge in [-0.1, -0.05) is 23.7 Å². The van der Waals surface area contributed by atoms with E-state index in [4.69, 9.17) is 16.7 Å². The highest BCUT2D eigenvalue weighted by molar-refractivity contribution is 6.30. The summed E-state index contributed by atoms with van der Waals surface area (Å²) in [5.41, 5.74) is 3.57. The quantitative estimate of drug-likeness (QED) is 0.599. The summed E-state index contributed by atoms with van der Waals surface area (Å²) in [4.78, 5) is 11.7. The molecule has 2 aromatic rings. The fourth-order valence-corrected chi connectivity index (χ4v) is 1.77. The molecule has 2 aromatic carbocycles. The first-order chi connectivity index (χ1) is 10.0. The van der Waals surface area contributed by atoms with Gasteiger partial charge in [0, 0.05) is 16.7 Å². The van der Waals surface area contributed by atoms with Crippen LogP contribution in [0, 0.1) is 0 Å². The Morgan fingerprint density at radius 2 is 1.90 bits per heavy atom. The van der Waals surface area contributed by atoms with Crippen molar-refractivity contribution >= 4 is 23.7 Å². The summed E-state index contributed by atoms with van der Waals surface area (Å²) in [7, 11) is 0. The number of halogens is 1. The zero-order chi connectivity index (χ0) is 15.2. The summed E-state index contributed by atoms with van der Waals surface area (Å²) in [5.74, 6) is -0.450. The van der Waals surface area contributed by atoms with Crippen LogP contribution in [0.5, 0.6) is 11.5 Å². The predicted molar refractivity (Wildman–Crippen MR) is 80.7 cm³/mol. The van der Waals surface area contributed by atoms with Gasteiger partial charge in [0.05, 0.1) is 12.6 Å². The molecule has 0 aliphatic rings. The molecule has 1 amide bonds. The van der Waals surface area contributed by atoms with Gasteiger partial charge in [-0.25, -0.2) is 5.43 Å². The van der Waals surface area contributed by atoms with Crippen LogP contribution in [0.4, 0.5) is 0 Å². The fourth-order valence-electron chi connectivity index (χ4n) is 1.64. The minimum atomic E-state index is -0.285. The van der Waals surface area contributed by atoms with Crippen molar-refractivity contribution in [3.8, 4) is 11.5 Å². The molecule has 0 aromatic heterocycles. The van der Waals surface area contributed by atoms with Crippen LogP contribution in [0.3, 0.4) is 0 Å². The molecule has 0 spiro atoms. The minimum absolute atomic E-state index is 0.0450. The van der Waals surface area contributed by atoms with Crippen molar-refractivity contribution in [1.29, 1.82) is 0 Å². The SMILES string of the molecule is O=C(Cc1ccc(Cl)cc1)N/N=C/c1ccc(O)cc1O. The molecule has 108 valence electrons.